The Kier molecular flexibility index (Phi) is 2.85. The number of rotatable bonds is 1. The van der Waals surface area contributed by atoms with Crippen LogP contribution in [0.3, 0.4) is 0 Å². The van der Waals surface area contributed by atoms with Crippen LogP contribution in [0.2, 0.25) is 0 Å². The molecule has 12 heavy (non-hydrogen) atoms. The molecule has 0 aliphatic rings. The molecule has 66 valence electrons. The van der Waals surface area contributed by atoms with Crippen LogP contribution >= 0.6 is 21.7 Å². The molecule has 1 aromatic heterocycles. The van der Waals surface area contributed by atoms with Crippen LogP contribution in [-0.4, -0.2) is 4.98 Å². The van der Waals surface area contributed by atoms with Gasteiger partial charge in [-0.05, 0) is 22.8 Å². The molecule has 0 spiro atoms. The lowest BCUT2D eigenvalue weighted by Crippen LogP contribution is -2.07. The molecule has 0 saturated carbocycles. The second kappa shape index (κ2) is 3.53. The molecule has 1 nitrogen and oxygen atoms in total. The van der Waals surface area contributed by atoms with E-state index < -0.39 is 11.9 Å². The lowest BCUT2D eigenvalue weighted by Gasteiger charge is -2.04. The third-order valence-electron chi connectivity index (χ3n) is 1.09. The van der Waals surface area contributed by atoms with Gasteiger partial charge < -0.3 is 0 Å². The van der Waals surface area contributed by atoms with Gasteiger partial charge in [-0.3, -0.25) is 0 Å². The molecule has 1 heterocycles. The number of alkyl halides is 3. The minimum atomic E-state index is -4.40. The van der Waals surface area contributed by atoms with Gasteiger partial charge >= 0.3 is 6.18 Å². The van der Waals surface area contributed by atoms with Crippen molar-refractivity contribution in [2.45, 2.75) is 11.2 Å². The summed E-state index contributed by atoms with van der Waals surface area (Å²) in [5.74, 6) is 0. The fourth-order valence-corrected chi connectivity index (χ4v) is 1.14. The zero-order valence-corrected chi connectivity index (χ0v) is 7.17. The van der Waals surface area contributed by atoms with E-state index in [9.17, 15) is 13.2 Å². The Morgan fingerprint density at radius 3 is 2.50 bits per heavy atom. The lowest BCUT2D eigenvalue weighted by atomic mass is 10.3. The van der Waals surface area contributed by atoms with Crippen LogP contribution in [0.15, 0.2) is 23.2 Å². The molecule has 0 unspecified atom stereocenters. The summed E-state index contributed by atoms with van der Waals surface area (Å²) < 4.78 is 36.0. The summed E-state index contributed by atoms with van der Waals surface area (Å²) in [5, 5.41) is 0.145. The number of hydrogen-bond acceptors (Lipinski definition) is 2. The Bertz CT molecular complexity index is 276. The van der Waals surface area contributed by atoms with Crippen molar-refractivity contribution < 1.29 is 13.2 Å². The summed E-state index contributed by atoms with van der Waals surface area (Å²) in [6.45, 7) is 0. The van der Waals surface area contributed by atoms with Crippen molar-refractivity contribution in [2.75, 3.05) is 0 Å². The molecular weight excluding hydrogens is 211 g/mol. The minimum absolute atomic E-state index is 0.145. The predicted octanol–water partition coefficient (Wildman–Crippen LogP) is 3.35. The summed E-state index contributed by atoms with van der Waals surface area (Å²) in [6, 6.07) is 3.57. The van der Waals surface area contributed by atoms with Crippen molar-refractivity contribution in [1.29, 1.82) is 0 Å². The summed E-state index contributed by atoms with van der Waals surface area (Å²) >= 11 is 0. The maximum Gasteiger partial charge on any atom is 0.433 e. The third-order valence-corrected chi connectivity index (χ3v) is 1.95. The highest BCUT2D eigenvalue weighted by atomic mass is 35.7. The van der Waals surface area contributed by atoms with Gasteiger partial charge in [-0.2, -0.15) is 13.2 Å². The molecule has 0 aliphatic carbocycles. The monoisotopic (exact) mass is 213 g/mol. The van der Waals surface area contributed by atoms with Crippen LogP contribution in [0, 0.1) is 0 Å². The molecule has 0 aromatic carbocycles. The zero-order chi connectivity index (χ0) is 9.19. The predicted molar refractivity (Wildman–Crippen MR) is 40.9 cm³/mol. The Morgan fingerprint density at radius 1 is 1.33 bits per heavy atom. The summed E-state index contributed by atoms with van der Waals surface area (Å²) in [4.78, 5) is 3.27. The Morgan fingerprint density at radius 2 is 2.00 bits per heavy atom. The van der Waals surface area contributed by atoms with Crippen molar-refractivity contribution in [1.82, 2.24) is 4.98 Å². The molecule has 6 heteroatoms. The van der Waals surface area contributed by atoms with Gasteiger partial charge in [0, 0.05) is 11.0 Å². The van der Waals surface area contributed by atoms with E-state index >= 15 is 0 Å². The van der Waals surface area contributed by atoms with Crippen LogP contribution in [-0.2, 0) is 6.18 Å². The number of nitrogens with zero attached hydrogens (tertiary/aromatic N) is 1. The topological polar surface area (TPSA) is 12.9 Å². The summed E-state index contributed by atoms with van der Waals surface area (Å²) in [5.41, 5.74) is -0.923. The first-order valence-corrected chi connectivity index (χ1v) is 4.51. The van der Waals surface area contributed by atoms with Gasteiger partial charge in [0.2, 0.25) is 0 Å². The second-order valence-corrected chi connectivity index (χ2v) is 2.97. The van der Waals surface area contributed by atoms with E-state index in [0.717, 1.165) is 6.07 Å². The normalized spacial score (nSPS) is 11.7. The Balaban J connectivity index is 3.02. The second-order valence-electron chi connectivity index (χ2n) is 1.94. The lowest BCUT2D eigenvalue weighted by molar-refractivity contribution is -0.141. The largest absolute Gasteiger partial charge is 0.433 e. The van der Waals surface area contributed by atoms with Crippen molar-refractivity contribution in [2.24, 2.45) is 0 Å². The van der Waals surface area contributed by atoms with E-state index in [-0.39, 0.29) is 5.03 Å². The van der Waals surface area contributed by atoms with E-state index in [2.05, 4.69) is 4.98 Å². The first-order chi connectivity index (χ1) is 5.54. The molecule has 0 saturated heterocycles. The van der Waals surface area contributed by atoms with E-state index in [4.69, 9.17) is 10.7 Å². The van der Waals surface area contributed by atoms with E-state index in [1.165, 1.54) is 12.1 Å². The maximum atomic E-state index is 12.0. The summed E-state index contributed by atoms with van der Waals surface area (Å²) in [7, 11) is 5.90. The first-order valence-electron chi connectivity index (χ1n) is 2.87. The average Bonchev–Trinajstić information content (AvgIpc) is 2.03. The fourth-order valence-electron chi connectivity index (χ4n) is 0.616. The highest BCUT2D eigenvalue weighted by Crippen LogP contribution is 2.29. The molecule has 0 bridgehead atoms. The smallest absolute Gasteiger partial charge is 0.236 e. The Hall–Kier alpha value is -0.420. The van der Waals surface area contributed by atoms with Crippen LogP contribution < -0.4 is 0 Å². The highest BCUT2D eigenvalue weighted by Gasteiger charge is 2.32. The standard InChI is InChI=1S/C6H3ClF3NS/c7-12-5-3-1-2-4(11-5)6(8,9)10/h1-3H. The van der Waals surface area contributed by atoms with E-state index in [0.29, 0.717) is 11.0 Å². The van der Waals surface area contributed by atoms with Gasteiger partial charge in [0.15, 0.2) is 0 Å². The zero-order valence-electron chi connectivity index (χ0n) is 5.60. The van der Waals surface area contributed by atoms with Crippen molar-refractivity contribution in [3.8, 4) is 0 Å². The molecule has 0 radical (unpaired) electrons. The van der Waals surface area contributed by atoms with Gasteiger partial charge in [0.25, 0.3) is 0 Å². The van der Waals surface area contributed by atoms with E-state index in [1.54, 1.807) is 0 Å². The van der Waals surface area contributed by atoms with Crippen molar-refractivity contribution >= 4 is 21.7 Å². The first kappa shape index (κ1) is 9.67. The molecule has 0 atom stereocenters. The highest BCUT2D eigenvalue weighted by molar-refractivity contribution is 8.21. The Labute approximate surface area is 75.4 Å². The molecular formula is C6H3ClF3NS. The van der Waals surface area contributed by atoms with Crippen molar-refractivity contribution in [3.63, 3.8) is 0 Å². The number of halogens is 4. The molecule has 0 amide bonds. The summed E-state index contributed by atoms with van der Waals surface area (Å²) in [6.07, 6.45) is -4.40. The molecule has 1 rings (SSSR count). The van der Waals surface area contributed by atoms with Crippen molar-refractivity contribution in [3.05, 3.63) is 23.9 Å². The van der Waals surface area contributed by atoms with E-state index in [1.807, 2.05) is 0 Å². The van der Waals surface area contributed by atoms with Crippen LogP contribution in [0.1, 0.15) is 5.69 Å². The van der Waals surface area contributed by atoms with Crippen LogP contribution in [0.25, 0.3) is 0 Å². The third kappa shape index (κ3) is 2.28. The van der Waals surface area contributed by atoms with Gasteiger partial charge in [-0.25, -0.2) is 4.98 Å². The van der Waals surface area contributed by atoms with Crippen LogP contribution in [0.4, 0.5) is 13.2 Å². The minimum Gasteiger partial charge on any atom is -0.236 e. The van der Waals surface area contributed by atoms with Crippen LogP contribution in [0.5, 0.6) is 0 Å². The fraction of sp³-hybridized carbons (Fsp3) is 0.167. The molecule has 1 aromatic rings. The quantitative estimate of drug-likeness (QED) is 0.710. The molecule has 0 N–H and O–H groups in total. The van der Waals surface area contributed by atoms with Gasteiger partial charge in [-0.1, -0.05) is 6.07 Å². The SMILES string of the molecule is FC(F)(F)c1cccc(SCl)n1. The molecule has 0 aliphatic heterocycles. The van der Waals surface area contributed by atoms with Gasteiger partial charge in [0.1, 0.15) is 10.7 Å². The average molecular weight is 214 g/mol. The number of aromatic nitrogens is 1. The number of pyridine rings is 1. The van der Waals surface area contributed by atoms with Gasteiger partial charge in [0.05, 0.1) is 0 Å². The molecule has 0 fully saturated rings. The maximum absolute atomic E-state index is 12.0. The number of hydrogen-bond donors (Lipinski definition) is 0. The van der Waals surface area contributed by atoms with Gasteiger partial charge in [-0.15, -0.1) is 0 Å².